The van der Waals surface area contributed by atoms with Crippen LogP contribution in [-0.4, -0.2) is 35.7 Å². The second-order valence-electron chi connectivity index (χ2n) is 12.7. The third-order valence-corrected chi connectivity index (χ3v) is 11.0. The lowest BCUT2D eigenvalue weighted by molar-refractivity contribution is -0.140. The third kappa shape index (κ3) is 3.08. The highest BCUT2D eigenvalue weighted by molar-refractivity contribution is 5.83. The summed E-state index contributed by atoms with van der Waals surface area (Å²) in [6, 6.07) is 16.7. The molecule has 1 saturated heterocycles. The summed E-state index contributed by atoms with van der Waals surface area (Å²) >= 11 is 0. The summed E-state index contributed by atoms with van der Waals surface area (Å²) < 4.78 is 7.51. The molecule has 35 heavy (non-hydrogen) atoms. The predicted octanol–water partition coefficient (Wildman–Crippen LogP) is 7.79. The lowest BCUT2D eigenvalue weighted by atomic mass is 9.58. The van der Waals surface area contributed by atoms with Crippen LogP contribution in [0.15, 0.2) is 65.8 Å². The molecule has 2 heteroatoms. The Balaban J connectivity index is 1.24. The third-order valence-electron chi connectivity index (χ3n) is 11.0. The number of hydrogen-bond acceptors (Lipinski definition) is 2. The Morgan fingerprint density at radius 3 is 2.74 bits per heavy atom. The number of allylic oxidation sites excluding steroid dienone is 1. The van der Waals surface area contributed by atoms with Crippen LogP contribution in [0.2, 0.25) is 0 Å². The molecular weight excluding hydrogens is 426 g/mol. The summed E-state index contributed by atoms with van der Waals surface area (Å²) in [4.78, 5) is 2.61. The fourth-order valence-electron chi connectivity index (χ4n) is 9.27. The standard InChI is InChI=1S/C33H41NO/c1-4-19-34(3)28-12-11-26-21-27-15-16-31(2)29(25-10-9-23-7-5-6-8-24(23)20-25)13-14-30(31)33(27)18-17-32(26,22-28)35-33/h5-10,15,20-21,28-30H,4,11-14,16-19,22H2,1-3H3/t28-,29+,30+,31+,32+,33+/m0/s1. The molecule has 2 aromatic rings. The fourth-order valence-corrected chi connectivity index (χ4v) is 9.27. The molecule has 2 spiro atoms. The van der Waals surface area contributed by atoms with Gasteiger partial charge in [0.25, 0.3) is 0 Å². The second kappa shape index (κ2) is 7.80. The quantitative estimate of drug-likeness (QED) is 0.455. The van der Waals surface area contributed by atoms with Crippen molar-refractivity contribution in [3.63, 3.8) is 0 Å². The van der Waals surface area contributed by atoms with E-state index in [4.69, 9.17) is 4.74 Å². The smallest absolute Gasteiger partial charge is 0.0974 e. The monoisotopic (exact) mass is 467 g/mol. The van der Waals surface area contributed by atoms with E-state index in [1.807, 2.05) is 0 Å². The van der Waals surface area contributed by atoms with Gasteiger partial charge in [0.15, 0.2) is 0 Å². The first kappa shape index (κ1) is 22.3. The van der Waals surface area contributed by atoms with Gasteiger partial charge in [0, 0.05) is 6.04 Å². The summed E-state index contributed by atoms with van der Waals surface area (Å²) in [5.41, 5.74) is 4.93. The van der Waals surface area contributed by atoms with E-state index in [9.17, 15) is 0 Å². The Hall–Kier alpha value is -1.90. The molecule has 6 atom stereocenters. The van der Waals surface area contributed by atoms with E-state index in [-0.39, 0.29) is 16.6 Å². The van der Waals surface area contributed by atoms with Crippen LogP contribution in [0, 0.1) is 11.3 Å². The number of nitrogens with zero attached hydrogens (tertiary/aromatic N) is 1. The zero-order chi connectivity index (χ0) is 23.8. The summed E-state index contributed by atoms with van der Waals surface area (Å²) in [6.45, 7) is 6.10. The SMILES string of the molecule is CCCN(C)[C@H]1CCC2=CC3=CC[C@]4(C)[C@@H](c5ccc6ccccc6c5)CC[C@H]4[C@@]34CC[C@]2(C1)O4. The van der Waals surface area contributed by atoms with Gasteiger partial charge in [-0.2, -0.15) is 0 Å². The molecule has 184 valence electrons. The van der Waals surface area contributed by atoms with Crippen LogP contribution in [0.4, 0.5) is 0 Å². The van der Waals surface area contributed by atoms with Crippen molar-refractivity contribution in [3.8, 4) is 0 Å². The normalized spacial score (nSPS) is 39.7. The van der Waals surface area contributed by atoms with Crippen LogP contribution in [0.25, 0.3) is 10.8 Å². The molecule has 2 aliphatic heterocycles. The van der Waals surface area contributed by atoms with Gasteiger partial charge in [-0.15, -0.1) is 0 Å². The maximum Gasteiger partial charge on any atom is 0.0974 e. The molecule has 0 radical (unpaired) electrons. The minimum Gasteiger partial charge on any atom is -0.359 e. The summed E-state index contributed by atoms with van der Waals surface area (Å²) in [6.07, 6.45) is 16.4. The topological polar surface area (TPSA) is 12.5 Å². The van der Waals surface area contributed by atoms with E-state index in [1.165, 1.54) is 75.1 Å². The minimum atomic E-state index is -0.0483. The number of fused-ring (bicyclic) bond motifs is 2. The summed E-state index contributed by atoms with van der Waals surface area (Å²) in [5.74, 6) is 1.24. The maximum absolute atomic E-state index is 7.51. The molecule has 7 rings (SSSR count). The van der Waals surface area contributed by atoms with Gasteiger partial charge in [0.1, 0.15) is 0 Å². The Morgan fingerprint density at radius 2 is 1.89 bits per heavy atom. The van der Waals surface area contributed by atoms with Crippen molar-refractivity contribution < 1.29 is 4.74 Å². The second-order valence-corrected chi connectivity index (χ2v) is 12.7. The highest BCUT2D eigenvalue weighted by Crippen LogP contribution is 2.69. The molecular formula is C33H41NO. The Bertz CT molecular complexity index is 1230. The molecule has 0 unspecified atom stereocenters. The van der Waals surface area contributed by atoms with Gasteiger partial charge in [-0.05, 0) is 116 Å². The lowest BCUT2D eigenvalue weighted by Gasteiger charge is -2.55. The molecule has 0 N–H and O–H groups in total. The van der Waals surface area contributed by atoms with Gasteiger partial charge in [-0.25, -0.2) is 0 Å². The summed E-state index contributed by atoms with van der Waals surface area (Å²) in [7, 11) is 2.33. The van der Waals surface area contributed by atoms with Gasteiger partial charge in [-0.3, -0.25) is 0 Å². The van der Waals surface area contributed by atoms with E-state index in [0.717, 1.165) is 0 Å². The number of benzene rings is 2. The zero-order valence-corrected chi connectivity index (χ0v) is 21.9. The first-order chi connectivity index (χ1) is 17.0. The van der Waals surface area contributed by atoms with E-state index in [0.29, 0.717) is 17.9 Å². The van der Waals surface area contributed by atoms with Crippen LogP contribution < -0.4 is 0 Å². The van der Waals surface area contributed by atoms with Gasteiger partial charge >= 0.3 is 0 Å². The van der Waals surface area contributed by atoms with E-state index in [2.05, 4.69) is 80.4 Å². The summed E-state index contributed by atoms with van der Waals surface area (Å²) in [5, 5.41) is 2.74. The largest absolute Gasteiger partial charge is 0.359 e. The van der Waals surface area contributed by atoms with Gasteiger partial charge in [-0.1, -0.05) is 68.5 Å². The molecule has 5 aliphatic rings. The van der Waals surface area contributed by atoms with Gasteiger partial charge in [0.2, 0.25) is 0 Å². The van der Waals surface area contributed by atoms with E-state index < -0.39 is 0 Å². The average Bonchev–Trinajstić information content (AvgIpc) is 3.38. The minimum absolute atomic E-state index is 0.00153. The Morgan fingerprint density at radius 1 is 1.03 bits per heavy atom. The van der Waals surface area contributed by atoms with Crippen molar-refractivity contribution in [2.45, 2.75) is 94.8 Å². The molecule has 3 fully saturated rings. The van der Waals surface area contributed by atoms with E-state index in [1.54, 1.807) is 16.7 Å². The number of ether oxygens (including phenoxy) is 1. The van der Waals surface area contributed by atoms with Crippen LogP contribution in [0.1, 0.15) is 83.1 Å². The van der Waals surface area contributed by atoms with Crippen molar-refractivity contribution in [1.29, 1.82) is 0 Å². The first-order valence-electron chi connectivity index (χ1n) is 14.3. The van der Waals surface area contributed by atoms with Crippen LogP contribution >= 0.6 is 0 Å². The van der Waals surface area contributed by atoms with Crippen LogP contribution in [0.3, 0.4) is 0 Å². The van der Waals surface area contributed by atoms with Crippen LogP contribution in [0.5, 0.6) is 0 Å². The number of rotatable bonds is 4. The lowest BCUT2D eigenvalue weighted by Crippen LogP contribution is -2.55. The predicted molar refractivity (Wildman–Crippen MR) is 145 cm³/mol. The first-order valence-corrected chi connectivity index (χ1v) is 14.3. The highest BCUT2D eigenvalue weighted by Gasteiger charge is 2.66. The molecule has 2 saturated carbocycles. The Labute approximate surface area is 211 Å². The van der Waals surface area contributed by atoms with Crippen molar-refractivity contribution >= 4 is 10.8 Å². The van der Waals surface area contributed by atoms with Crippen molar-refractivity contribution in [1.82, 2.24) is 4.90 Å². The highest BCUT2D eigenvalue weighted by atomic mass is 16.5. The molecule has 0 aromatic heterocycles. The molecule has 2 heterocycles. The molecule has 2 aromatic carbocycles. The van der Waals surface area contributed by atoms with E-state index >= 15 is 0 Å². The molecule has 2 nitrogen and oxygen atoms in total. The molecule has 3 aliphatic carbocycles. The fraction of sp³-hybridized carbons (Fsp3) is 0.576. The Kier molecular flexibility index (Phi) is 4.97. The number of hydrogen-bond donors (Lipinski definition) is 0. The average molecular weight is 468 g/mol. The van der Waals surface area contributed by atoms with Crippen LogP contribution in [-0.2, 0) is 4.74 Å². The zero-order valence-electron chi connectivity index (χ0n) is 21.9. The van der Waals surface area contributed by atoms with Crippen molar-refractivity contribution in [2.24, 2.45) is 11.3 Å². The molecule has 2 bridgehead atoms. The van der Waals surface area contributed by atoms with Crippen molar-refractivity contribution in [2.75, 3.05) is 13.6 Å². The van der Waals surface area contributed by atoms with Gasteiger partial charge < -0.3 is 9.64 Å². The maximum atomic E-state index is 7.51. The van der Waals surface area contributed by atoms with Crippen molar-refractivity contribution in [3.05, 3.63) is 71.3 Å². The molecule has 0 amide bonds. The van der Waals surface area contributed by atoms with Gasteiger partial charge in [0.05, 0.1) is 11.2 Å².